The summed E-state index contributed by atoms with van der Waals surface area (Å²) in [4.78, 5) is 18.0. The zero-order valence-corrected chi connectivity index (χ0v) is 20.7. The Balaban J connectivity index is 0.00000480. The van der Waals surface area contributed by atoms with Gasteiger partial charge in [0.15, 0.2) is 5.96 Å². The standard InChI is InChI=1S/C21H32F2N4O3.HI/c1-4-11-29-17-6-5-16(18(13-17)30-20(22)23)14-26-21(25-3)27-9-7-15(8-10-27)12-19(28)24-2;/h5-6,13,15,20H,4,7-12,14H2,1-3H3,(H,24,28)(H,25,26);1H. The highest BCUT2D eigenvalue weighted by Crippen LogP contribution is 2.27. The number of nitrogens with zero attached hydrogens (tertiary/aromatic N) is 2. The van der Waals surface area contributed by atoms with Crippen molar-refractivity contribution in [3.8, 4) is 11.5 Å². The van der Waals surface area contributed by atoms with Crippen molar-refractivity contribution in [3.05, 3.63) is 23.8 Å². The van der Waals surface area contributed by atoms with Crippen LogP contribution >= 0.6 is 24.0 Å². The molecule has 10 heteroatoms. The average molecular weight is 554 g/mol. The van der Waals surface area contributed by atoms with Crippen molar-refractivity contribution in [2.24, 2.45) is 10.9 Å². The van der Waals surface area contributed by atoms with Gasteiger partial charge >= 0.3 is 6.61 Å². The van der Waals surface area contributed by atoms with Crippen LogP contribution in [0.2, 0.25) is 0 Å². The Bertz CT molecular complexity index is 714. The van der Waals surface area contributed by atoms with Crippen LogP contribution in [0.3, 0.4) is 0 Å². The normalized spacial score (nSPS) is 14.8. The first-order valence-corrected chi connectivity index (χ1v) is 10.3. The van der Waals surface area contributed by atoms with Crippen molar-refractivity contribution >= 4 is 35.8 Å². The Kier molecular flexibility index (Phi) is 12.5. The molecule has 0 atom stereocenters. The zero-order chi connectivity index (χ0) is 21.9. The molecule has 1 saturated heterocycles. The molecule has 176 valence electrons. The lowest BCUT2D eigenvalue weighted by Gasteiger charge is -2.34. The number of piperidine rings is 1. The molecular formula is C21H33F2IN4O3. The molecule has 1 aromatic rings. The van der Waals surface area contributed by atoms with Gasteiger partial charge < -0.3 is 25.0 Å². The minimum Gasteiger partial charge on any atom is -0.493 e. The number of likely N-dealkylation sites (tertiary alicyclic amines) is 1. The van der Waals surface area contributed by atoms with Crippen molar-refractivity contribution in [1.82, 2.24) is 15.5 Å². The third kappa shape index (κ3) is 9.04. The van der Waals surface area contributed by atoms with Gasteiger partial charge in [-0.05, 0) is 37.3 Å². The van der Waals surface area contributed by atoms with Gasteiger partial charge in [0, 0.05) is 51.8 Å². The van der Waals surface area contributed by atoms with E-state index in [0.29, 0.717) is 42.8 Å². The van der Waals surface area contributed by atoms with E-state index in [2.05, 4.69) is 20.5 Å². The molecule has 0 radical (unpaired) electrons. The second-order valence-corrected chi connectivity index (χ2v) is 7.20. The minimum absolute atomic E-state index is 0. The fourth-order valence-corrected chi connectivity index (χ4v) is 3.42. The van der Waals surface area contributed by atoms with Crippen molar-refractivity contribution in [3.63, 3.8) is 0 Å². The van der Waals surface area contributed by atoms with E-state index in [0.717, 1.165) is 32.4 Å². The number of benzene rings is 1. The third-order valence-corrected chi connectivity index (χ3v) is 5.04. The van der Waals surface area contributed by atoms with Gasteiger partial charge in [0.05, 0.1) is 6.61 Å². The van der Waals surface area contributed by atoms with Gasteiger partial charge in [-0.15, -0.1) is 24.0 Å². The number of carbonyl (C=O) groups excluding carboxylic acids is 1. The predicted octanol–water partition coefficient (Wildman–Crippen LogP) is 3.62. The second kappa shape index (κ2) is 14.3. The summed E-state index contributed by atoms with van der Waals surface area (Å²) in [6, 6.07) is 4.96. The van der Waals surface area contributed by atoms with Gasteiger partial charge in [-0.3, -0.25) is 9.79 Å². The molecule has 0 bridgehead atoms. The highest BCUT2D eigenvalue weighted by atomic mass is 127. The van der Waals surface area contributed by atoms with Crippen LogP contribution < -0.4 is 20.1 Å². The molecule has 0 unspecified atom stereocenters. The van der Waals surface area contributed by atoms with E-state index < -0.39 is 6.61 Å². The monoisotopic (exact) mass is 554 g/mol. The van der Waals surface area contributed by atoms with Crippen molar-refractivity contribution in [2.75, 3.05) is 33.8 Å². The zero-order valence-electron chi connectivity index (χ0n) is 18.3. The SMILES string of the molecule is CCCOc1ccc(CNC(=NC)N2CCC(CC(=O)NC)CC2)c(OC(F)F)c1.I. The van der Waals surface area contributed by atoms with E-state index in [-0.39, 0.29) is 35.6 Å². The molecule has 0 saturated carbocycles. The van der Waals surface area contributed by atoms with E-state index >= 15 is 0 Å². The van der Waals surface area contributed by atoms with E-state index in [1.807, 2.05) is 6.92 Å². The van der Waals surface area contributed by atoms with E-state index in [9.17, 15) is 13.6 Å². The summed E-state index contributed by atoms with van der Waals surface area (Å²) in [5.74, 6) is 1.71. The molecule has 1 amide bonds. The number of ether oxygens (including phenoxy) is 2. The molecule has 0 aliphatic carbocycles. The van der Waals surface area contributed by atoms with Crippen LogP contribution in [-0.2, 0) is 11.3 Å². The van der Waals surface area contributed by atoms with Gasteiger partial charge in [0.1, 0.15) is 11.5 Å². The molecule has 1 heterocycles. The lowest BCUT2D eigenvalue weighted by atomic mass is 9.93. The summed E-state index contributed by atoms with van der Waals surface area (Å²) in [6.07, 6.45) is 3.16. The number of nitrogens with one attached hydrogen (secondary N) is 2. The Morgan fingerprint density at radius 3 is 2.61 bits per heavy atom. The first kappa shape index (κ1) is 27.2. The summed E-state index contributed by atoms with van der Waals surface area (Å²) >= 11 is 0. The Morgan fingerprint density at radius 2 is 2.03 bits per heavy atom. The lowest BCUT2D eigenvalue weighted by Crippen LogP contribution is -2.45. The van der Waals surface area contributed by atoms with Crippen LogP contribution in [0.15, 0.2) is 23.2 Å². The number of guanidine groups is 1. The smallest absolute Gasteiger partial charge is 0.387 e. The molecule has 2 rings (SSSR count). The summed E-state index contributed by atoms with van der Waals surface area (Å²) in [6.45, 7) is 1.43. The Labute approximate surface area is 200 Å². The predicted molar refractivity (Wildman–Crippen MR) is 127 cm³/mol. The van der Waals surface area contributed by atoms with Crippen LogP contribution in [0.4, 0.5) is 8.78 Å². The molecule has 1 aliphatic heterocycles. The van der Waals surface area contributed by atoms with Crippen molar-refractivity contribution in [1.29, 1.82) is 0 Å². The molecule has 31 heavy (non-hydrogen) atoms. The third-order valence-electron chi connectivity index (χ3n) is 5.04. The molecule has 0 spiro atoms. The van der Waals surface area contributed by atoms with Gasteiger partial charge in [-0.25, -0.2) is 0 Å². The number of alkyl halides is 2. The lowest BCUT2D eigenvalue weighted by molar-refractivity contribution is -0.121. The largest absolute Gasteiger partial charge is 0.493 e. The van der Waals surface area contributed by atoms with Gasteiger partial charge in [-0.2, -0.15) is 8.78 Å². The van der Waals surface area contributed by atoms with Gasteiger partial charge in [0.2, 0.25) is 5.91 Å². The molecule has 7 nitrogen and oxygen atoms in total. The van der Waals surface area contributed by atoms with Crippen LogP contribution in [0.1, 0.15) is 38.2 Å². The Morgan fingerprint density at radius 1 is 1.32 bits per heavy atom. The molecule has 0 aromatic heterocycles. The van der Waals surface area contributed by atoms with Crippen molar-refractivity contribution < 1.29 is 23.0 Å². The first-order valence-electron chi connectivity index (χ1n) is 10.3. The first-order chi connectivity index (χ1) is 14.5. The number of hydrogen-bond acceptors (Lipinski definition) is 4. The maximum Gasteiger partial charge on any atom is 0.387 e. The average Bonchev–Trinajstić information content (AvgIpc) is 2.74. The maximum atomic E-state index is 12.8. The number of rotatable bonds is 9. The topological polar surface area (TPSA) is 75.2 Å². The molecule has 2 N–H and O–H groups in total. The summed E-state index contributed by atoms with van der Waals surface area (Å²) in [5.41, 5.74) is 0.592. The highest BCUT2D eigenvalue weighted by molar-refractivity contribution is 14.0. The van der Waals surface area contributed by atoms with Crippen molar-refractivity contribution in [2.45, 2.75) is 45.8 Å². The van der Waals surface area contributed by atoms with E-state index in [1.54, 1.807) is 26.2 Å². The minimum atomic E-state index is -2.91. The number of amides is 1. The molecule has 1 fully saturated rings. The maximum absolute atomic E-state index is 12.8. The second-order valence-electron chi connectivity index (χ2n) is 7.20. The number of hydrogen-bond donors (Lipinski definition) is 2. The fourth-order valence-electron chi connectivity index (χ4n) is 3.42. The van der Waals surface area contributed by atoms with Crippen LogP contribution in [0, 0.1) is 5.92 Å². The number of carbonyl (C=O) groups is 1. The summed E-state index contributed by atoms with van der Waals surface area (Å²) < 4.78 is 35.9. The molecule has 1 aliphatic rings. The number of halogens is 3. The van der Waals surface area contributed by atoms with Gasteiger partial charge in [0.25, 0.3) is 0 Å². The van der Waals surface area contributed by atoms with Gasteiger partial charge in [-0.1, -0.05) is 6.92 Å². The molecular weight excluding hydrogens is 521 g/mol. The van der Waals surface area contributed by atoms with Crippen LogP contribution in [0.25, 0.3) is 0 Å². The van der Waals surface area contributed by atoms with E-state index in [4.69, 9.17) is 9.47 Å². The quantitative estimate of drug-likeness (QED) is 0.277. The highest BCUT2D eigenvalue weighted by Gasteiger charge is 2.23. The summed E-state index contributed by atoms with van der Waals surface area (Å²) in [5, 5.41) is 5.90. The summed E-state index contributed by atoms with van der Waals surface area (Å²) in [7, 11) is 3.34. The Hall–Kier alpha value is -1.85. The van der Waals surface area contributed by atoms with Crippen LogP contribution in [0.5, 0.6) is 11.5 Å². The van der Waals surface area contributed by atoms with Crippen LogP contribution in [-0.4, -0.2) is 57.2 Å². The van der Waals surface area contributed by atoms with E-state index in [1.165, 1.54) is 6.07 Å². The molecule has 1 aromatic carbocycles. The number of aliphatic imine (C=N–C) groups is 1. The fraction of sp³-hybridized carbons (Fsp3) is 0.619.